The molecular formula is C62H90O10S3. The highest BCUT2D eigenvalue weighted by molar-refractivity contribution is 7.91. The second kappa shape index (κ2) is 35.2. The van der Waals surface area contributed by atoms with Crippen molar-refractivity contribution in [3.05, 3.63) is 119 Å². The highest BCUT2D eigenvalue weighted by Crippen LogP contribution is 2.33. The molecule has 0 saturated carbocycles. The number of unbranched alkanes of at least 4 members (excludes halogenated alkanes) is 27. The summed E-state index contributed by atoms with van der Waals surface area (Å²) in [6.45, 7) is 6.60. The Balaban J connectivity index is 1.61. The Morgan fingerprint density at radius 2 is 0.600 bits per heavy atom. The number of hydrogen-bond acceptors (Lipinski definition) is 10. The molecule has 4 rings (SSSR count). The summed E-state index contributed by atoms with van der Waals surface area (Å²) < 4.78 is 97.1. The van der Waals surface area contributed by atoms with Crippen molar-refractivity contribution in [2.45, 2.75) is 252 Å². The van der Waals surface area contributed by atoms with E-state index in [1.807, 2.05) is 0 Å². The van der Waals surface area contributed by atoms with Gasteiger partial charge in [0, 0.05) is 0 Å². The van der Waals surface area contributed by atoms with Gasteiger partial charge in [-0.25, -0.2) is 18.0 Å². The largest absolute Gasteiger partial charge is 0.356 e. The molecule has 4 aromatic carbocycles. The summed E-state index contributed by atoms with van der Waals surface area (Å²) in [7, 11) is -14.5. The predicted molar refractivity (Wildman–Crippen MR) is 303 cm³/mol. The fourth-order valence-electron chi connectivity index (χ4n) is 9.92. The van der Waals surface area contributed by atoms with Gasteiger partial charge in [0.2, 0.25) is 9.84 Å². The molecule has 0 radical (unpaired) electrons. The molecular weight excluding hydrogens is 1000 g/mol. The van der Waals surface area contributed by atoms with Crippen LogP contribution in [-0.4, -0.2) is 37.2 Å². The van der Waals surface area contributed by atoms with Crippen LogP contribution in [0, 0.1) is 0 Å². The number of carbonyl (C=O) groups is 2. The lowest BCUT2D eigenvalue weighted by molar-refractivity contribution is 0.0699. The Labute approximate surface area is 453 Å². The zero-order valence-corrected chi connectivity index (χ0v) is 48.3. The van der Waals surface area contributed by atoms with Crippen LogP contribution in [0.5, 0.6) is 0 Å². The molecule has 0 aliphatic rings. The van der Waals surface area contributed by atoms with Gasteiger partial charge >= 0.3 is 32.2 Å². The lowest BCUT2D eigenvalue weighted by atomic mass is 10.0. The Morgan fingerprint density at radius 1 is 0.320 bits per heavy atom. The maximum atomic E-state index is 15.0. The van der Waals surface area contributed by atoms with Crippen LogP contribution in [0.4, 0.5) is 0 Å². The predicted octanol–water partition coefficient (Wildman–Crippen LogP) is 17.0. The smallest absolute Gasteiger partial charge is 0.338 e. The van der Waals surface area contributed by atoms with Crippen LogP contribution in [0.2, 0.25) is 0 Å². The molecule has 0 heterocycles. The quantitative estimate of drug-likeness (QED) is 0.0310. The van der Waals surface area contributed by atoms with Crippen LogP contribution >= 0.6 is 0 Å². The van der Waals surface area contributed by atoms with E-state index >= 15 is 0 Å². The van der Waals surface area contributed by atoms with Crippen molar-refractivity contribution in [3.63, 3.8) is 0 Å². The first-order chi connectivity index (χ1) is 36.3. The van der Waals surface area contributed by atoms with Crippen molar-refractivity contribution < 1.29 is 43.2 Å². The Morgan fingerprint density at radius 3 is 0.960 bits per heavy atom. The Bertz CT molecular complexity index is 2640. The first-order valence-corrected chi connectivity index (χ1v) is 33.2. The van der Waals surface area contributed by atoms with E-state index < -0.39 is 58.0 Å². The van der Waals surface area contributed by atoms with E-state index in [0.717, 1.165) is 89.2 Å². The monoisotopic (exact) mass is 1090 g/mol. The number of carbonyl (C=O) groups excluding carboxylic acids is 2. The zero-order valence-electron chi connectivity index (χ0n) is 45.8. The molecule has 13 heteroatoms. The summed E-state index contributed by atoms with van der Waals surface area (Å²) in [4.78, 5) is 27.6. The summed E-state index contributed by atoms with van der Waals surface area (Å²) in [5.74, 6) is -3.23. The summed E-state index contributed by atoms with van der Waals surface area (Å²) in [6, 6.07) is 22.2. The van der Waals surface area contributed by atoms with Crippen LogP contribution in [0.25, 0.3) is 0 Å². The third kappa shape index (κ3) is 21.9. The van der Waals surface area contributed by atoms with Gasteiger partial charge < -0.3 is 8.37 Å². The van der Waals surface area contributed by atoms with E-state index in [2.05, 4.69) is 20.8 Å². The molecule has 10 nitrogen and oxygen atoms in total. The maximum Gasteiger partial charge on any atom is 0.356 e. The fraction of sp³-hybridized carbons (Fsp3) is 0.581. The minimum absolute atomic E-state index is 0.126. The second-order valence-electron chi connectivity index (χ2n) is 20.5. The highest BCUT2D eigenvalue weighted by atomic mass is 32.2. The molecule has 0 amide bonds. The molecule has 0 N–H and O–H groups in total. The average molecular weight is 1090 g/mol. The third-order valence-corrected chi connectivity index (χ3v) is 18.8. The Kier molecular flexibility index (Phi) is 29.6. The summed E-state index contributed by atoms with van der Waals surface area (Å²) in [5, 5.41) is 0. The van der Waals surface area contributed by atoms with Crippen molar-refractivity contribution in [2.24, 2.45) is 0 Å². The minimum atomic E-state index is -4.93. The molecule has 416 valence electrons. The fourth-order valence-corrected chi connectivity index (χ4v) is 13.9. The van der Waals surface area contributed by atoms with Crippen LogP contribution in [0.3, 0.4) is 0 Å². The van der Waals surface area contributed by atoms with E-state index in [-0.39, 0.29) is 14.7 Å². The van der Waals surface area contributed by atoms with Gasteiger partial charge in [0.25, 0.3) is 0 Å². The summed E-state index contributed by atoms with van der Waals surface area (Å²) in [6.07, 6.45) is 34.2. The molecule has 0 saturated heterocycles. The minimum Gasteiger partial charge on any atom is -0.338 e. The second-order valence-corrected chi connectivity index (χ2v) is 25.4. The molecule has 0 aliphatic carbocycles. The summed E-state index contributed by atoms with van der Waals surface area (Å²) in [5.41, 5.74) is -0.366. The Hall–Kier alpha value is -4.33. The van der Waals surface area contributed by atoms with Crippen LogP contribution in [0.1, 0.15) is 251 Å². The van der Waals surface area contributed by atoms with Crippen LogP contribution < -0.4 is 0 Å². The van der Waals surface area contributed by atoms with E-state index in [4.69, 9.17) is 8.37 Å². The van der Waals surface area contributed by atoms with Gasteiger partial charge in [0.1, 0.15) is 9.79 Å². The molecule has 0 unspecified atom stereocenters. The first-order valence-electron chi connectivity index (χ1n) is 28.9. The van der Waals surface area contributed by atoms with Crippen molar-refractivity contribution >= 4 is 42.0 Å². The van der Waals surface area contributed by atoms with Gasteiger partial charge in [-0.3, -0.25) is 0 Å². The van der Waals surface area contributed by atoms with E-state index in [0.29, 0.717) is 55.2 Å². The topological polar surface area (TPSA) is 155 Å². The molecule has 0 atom stereocenters. The average Bonchev–Trinajstić information content (AvgIpc) is 3.40. The van der Waals surface area contributed by atoms with Crippen LogP contribution in [-0.2, 0) is 57.7 Å². The van der Waals surface area contributed by atoms with E-state index in [1.54, 1.807) is 42.5 Å². The van der Waals surface area contributed by atoms with Gasteiger partial charge in [-0.15, -0.1) is 0 Å². The third-order valence-electron chi connectivity index (χ3n) is 14.3. The molecule has 0 aromatic heterocycles. The normalized spacial score (nSPS) is 12.0. The van der Waals surface area contributed by atoms with Crippen molar-refractivity contribution in [1.82, 2.24) is 0 Å². The van der Waals surface area contributed by atoms with Gasteiger partial charge in [0.05, 0.1) is 20.9 Å². The van der Waals surface area contributed by atoms with E-state index in [1.165, 1.54) is 133 Å². The molecule has 4 aromatic rings. The van der Waals surface area contributed by atoms with Crippen molar-refractivity contribution in [3.8, 4) is 0 Å². The van der Waals surface area contributed by atoms with Gasteiger partial charge in [-0.1, -0.05) is 255 Å². The van der Waals surface area contributed by atoms with E-state index in [9.17, 15) is 34.8 Å². The molecule has 0 fully saturated rings. The van der Waals surface area contributed by atoms with Gasteiger partial charge in [-0.2, -0.15) is 16.8 Å². The number of hydrogen-bond donors (Lipinski definition) is 0. The van der Waals surface area contributed by atoms with Crippen molar-refractivity contribution in [1.29, 1.82) is 0 Å². The number of sulfone groups is 1. The van der Waals surface area contributed by atoms with Gasteiger partial charge in [0.15, 0.2) is 0 Å². The molecule has 0 spiro atoms. The number of benzene rings is 4. The number of rotatable bonds is 41. The standard InChI is InChI=1S/C62H90O10S3/c1-4-7-10-13-16-19-22-25-28-31-41-52-44-34-37-48-56(52)73(65,66)59-51-40-47-55(61(63)71-74(67,68)57-49-38-35-45-53(57)42-32-29-26-23-20-17-14-11-8-5-2)60(59)62(64)72-75(69,70)58-50-39-36-46-54(58)43-33-30-27-24-21-18-15-12-9-6-3/h34-40,44-51H,4-33,41-43H2,1-3H3. The number of aryl methyl sites for hydroxylation is 3. The molecule has 75 heavy (non-hydrogen) atoms. The zero-order chi connectivity index (χ0) is 54.2. The SMILES string of the molecule is CCCCCCCCCCCCc1ccccc1S(=O)(=O)OC(=O)c1cccc(S(=O)(=O)c2ccccc2CCCCCCCCCCCC)c1C(=O)OS(=O)(=O)c1ccccc1CCCCCCCCCCCC. The maximum absolute atomic E-state index is 15.0. The first kappa shape index (κ1) is 63.2. The van der Waals surface area contributed by atoms with Crippen LogP contribution in [0.15, 0.2) is 111 Å². The molecule has 0 aliphatic heterocycles. The molecule has 0 bridgehead atoms. The summed E-state index contributed by atoms with van der Waals surface area (Å²) >= 11 is 0. The lowest BCUT2D eigenvalue weighted by Gasteiger charge is -2.17. The lowest BCUT2D eigenvalue weighted by Crippen LogP contribution is -2.23. The van der Waals surface area contributed by atoms with Crippen molar-refractivity contribution in [2.75, 3.05) is 0 Å². The van der Waals surface area contributed by atoms with Gasteiger partial charge in [-0.05, 0) is 85.5 Å². The highest BCUT2D eigenvalue weighted by Gasteiger charge is 2.36.